The van der Waals surface area contributed by atoms with Crippen molar-refractivity contribution in [2.75, 3.05) is 0 Å². The summed E-state index contributed by atoms with van der Waals surface area (Å²) in [6.07, 6.45) is 6.59. The molecule has 0 saturated heterocycles. The molecule has 6 nitrogen and oxygen atoms in total. The molecule has 1 aliphatic heterocycles. The zero-order valence-electron chi connectivity index (χ0n) is 12.9. The predicted octanol–water partition coefficient (Wildman–Crippen LogP) is 1.84. The smallest absolute Gasteiger partial charge is 0.309 e. The fourth-order valence-electron chi connectivity index (χ4n) is 4.78. The molecule has 4 aliphatic carbocycles. The van der Waals surface area contributed by atoms with Gasteiger partial charge in [-0.05, 0) is 38.5 Å². The molecule has 120 valence electrons. The van der Waals surface area contributed by atoms with E-state index < -0.39 is 16.8 Å². The van der Waals surface area contributed by atoms with E-state index in [0.29, 0.717) is 44.7 Å². The van der Waals surface area contributed by atoms with Crippen molar-refractivity contribution in [2.24, 2.45) is 10.8 Å². The number of hydrogen-bond acceptors (Lipinski definition) is 4. The molecule has 4 saturated carbocycles. The van der Waals surface area contributed by atoms with E-state index in [1.165, 1.54) is 12.8 Å². The second kappa shape index (κ2) is 4.10. The SMILES string of the molecule is O=C(O)C12CCC(C(=O)N3Cc4cnc(C5CC5)nc4C3)(C1)C2. The van der Waals surface area contributed by atoms with Gasteiger partial charge in [-0.2, -0.15) is 0 Å². The molecule has 2 bridgehead atoms. The highest BCUT2D eigenvalue weighted by Crippen LogP contribution is 2.67. The minimum Gasteiger partial charge on any atom is -0.481 e. The van der Waals surface area contributed by atoms with Crippen LogP contribution in [0.5, 0.6) is 0 Å². The first-order chi connectivity index (χ1) is 11.0. The Kier molecular flexibility index (Phi) is 2.40. The molecule has 2 heterocycles. The zero-order valence-corrected chi connectivity index (χ0v) is 12.9. The van der Waals surface area contributed by atoms with E-state index in [4.69, 9.17) is 0 Å². The molecule has 6 rings (SSSR count). The molecule has 23 heavy (non-hydrogen) atoms. The van der Waals surface area contributed by atoms with E-state index in [9.17, 15) is 14.7 Å². The van der Waals surface area contributed by atoms with Gasteiger partial charge in [0.05, 0.1) is 23.1 Å². The van der Waals surface area contributed by atoms with E-state index in [1.54, 1.807) is 0 Å². The number of aromatic nitrogens is 2. The van der Waals surface area contributed by atoms with E-state index in [1.807, 2.05) is 11.1 Å². The molecule has 1 N–H and O–H groups in total. The third-order valence-electron chi connectivity index (χ3n) is 6.25. The third kappa shape index (κ3) is 1.75. The molecule has 0 radical (unpaired) electrons. The number of hydrogen-bond donors (Lipinski definition) is 1. The average Bonchev–Trinajstić information content (AvgIpc) is 3.00. The Hall–Kier alpha value is -1.98. The topological polar surface area (TPSA) is 83.4 Å². The van der Waals surface area contributed by atoms with Crippen LogP contribution in [0.25, 0.3) is 0 Å². The molecule has 1 aromatic rings. The number of carboxylic acids is 1. The van der Waals surface area contributed by atoms with Crippen molar-refractivity contribution in [2.45, 2.75) is 57.5 Å². The summed E-state index contributed by atoms with van der Waals surface area (Å²) in [5.41, 5.74) is 0.975. The normalized spacial score (nSPS) is 34.2. The quantitative estimate of drug-likeness (QED) is 0.920. The number of amides is 1. The molecule has 0 unspecified atom stereocenters. The van der Waals surface area contributed by atoms with Crippen LogP contribution in [-0.4, -0.2) is 31.9 Å². The number of nitrogens with zero attached hydrogens (tertiary/aromatic N) is 3. The van der Waals surface area contributed by atoms with E-state index in [2.05, 4.69) is 9.97 Å². The lowest BCUT2D eigenvalue weighted by molar-refractivity contribution is -0.164. The number of carboxylic acid groups (broad SMARTS) is 1. The number of fused-ring (bicyclic) bond motifs is 2. The molecule has 0 spiro atoms. The minimum absolute atomic E-state index is 0.123. The Morgan fingerprint density at radius 1 is 1.17 bits per heavy atom. The first-order valence-electron chi connectivity index (χ1n) is 8.39. The van der Waals surface area contributed by atoms with Gasteiger partial charge in [0, 0.05) is 24.2 Å². The highest BCUT2D eigenvalue weighted by Gasteiger charge is 2.68. The van der Waals surface area contributed by atoms with Crippen molar-refractivity contribution in [3.05, 3.63) is 23.3 Å². The van der Waals surface area contributed by atoms with Crippen LogP contribution in [0.4, 0.5) is 0 Å². The molecule has 0 atom stereocenters. The van der Waals surface area contributed by atoms with Crippen LogP contribution in [0, 0.1) is 10.8 Å². The Morgan fingerprint density at radius 3 is 2.57 bits per heavy atom. The van der Waals surface area contributed by atoms with E-state index >= 15 is 0 Å². The summed E-state index contributed by atoms with van der Waals surface area (Å²) in [4.78, 5) is 35.3. The van der Waals surface area contributed by atoms with Gasteiger partial charge in [0.15, 0.2) is 0 Å². The van der Waals surface area contributed by atoms with Gasteiger partial charge in [-0.1, -0.05) is 0 Å². The van der Waals surface area contributed by atoms with Crippen molar-refractivity contribution in [1.82, 2.24) is 14.9 Å². The molecule has 1 aromatic heterocycles. The lowest BCUT2D eigenvalue weighted by atomic mass is 9.59. The Morgan fingerprint density at radius 2 is 1.91 bits per heavy atom. The van der Waals surface area contributed by atoms with Gasteiger partial charge >= 0.3 is 5.97 Å². The molecule has 4 fully saturated rings. The van der Waals surface area contributed by atoms with Crippen LogP contribution in [0.2, 0.25) is 0 Å². The number of carbonyl (C=O) groups excluding carboxylic acids is 1. The van der Waals surface area contributed by atoms with Gasteiger partial charge in [0.1, 0.15) is 5.82 Å². The maximum atomic E-state index is 13.0. The van der Waals surface area contributed by atoms with Gasteiger partial charge in [0.25, 0.3) is 0 Å². The summed E-state index contributed by atoms with van der Waals surface area (Å²) in [6.45, 7) is 1.12. The molecule has 1 amide bonds. The maximum Gasteiger partial charge on any atom is 0.309 e. The fourth-order valence-corrected chi connectivity index (χ4v) is 4.78. The Bertz CT molecular complexity index is 735. The van der Waals surface area contributed by atoms with Crippen LogP contribution in [0.1, 0.15) is 61.5 Å². The molecule has 0 aromatic carbocycles. The number of aliphatic carboxylic acids is 1. The third-order valence-corrected chi connectivity index (χ3v) is 6.25. The van der Waals surface area contributed by atoms with Crippen molar-refractivity contribution in [1.29, 1.82) is 0 Å². The van der Waals surface area contributed by atoms with E-state index in [-0.39, 0.29) is 5.91 Å². The molecule has 5 aliphatic rings. The standard InChI is InChI=1S/C17H19N3O3/c21-14(16-3-4-17(8-16,9-16)15(22)23)20-6-11-5-18-13(10-1-2-10)19-12(11)7-20/h5,10H,1-4,6-9H2,(H,22,23). The van der Waals surface area contributed by atoms with Gasteiger partial charge in [0.2, 0.25) is 5.91 Å². The zero-order chi connectivity index (χ0) is 15.8. The van der Waals surface area contributed by atoms with Crippen molar-refractivity contribution >= 4 is 11.9 Å². The molecule has 6 heteroatoms. The van der Waals surface area contributed by atoms with Crippen LogP contribution < -0.4 is 0 Å². The van der Waals surface area contributed by atoms with Gasteiger partial charge < -0.3 is 10.0 Å². The fraction of sp³-hybridized carbons (Fsp3) is 0.647. The lowest BCUT2D eigenvalue weighted by Crippen LogP contribution is -2.51. The Balaban J connectivity index is 1.34. The Labute approximate surface area is 133 Å². The first kappa shape index (κ1) is 13.5. The summed E-state index contributed by atoms with van der Waals surface area (Å²) < 4.78 is 0. The summed E-state index contributed by atoms with van der Waals surface area (Å²) in [6, 6.07) is 0. The number of rotatable bonds is 3. The average molecular weight is 313 g/mol. The minimum atomic E-state index is -0.733. The van der Waals surface area contributed by atoms with E-state index in [0.717, 1.165) is 17.1 Å². The van der Waals surface area contributed by atoms with Gasteiger partial charge in [-0.15, -0.1) is 0 Å². The van der Waals surface area contributed by atoms with Gasteiger partial charge in [-0.3, -0.25) is 9.59 Å². The highest BCUT2D eigenvalue weighted by atomic mass is 16.4. The van der Waals surface area contributed by atoms with Gasteiger partial charge in [-0.25, -0.2) is 9.97 Å². The second-order valence-electron chi connectivity index (χ2n) is 7.85. The first-order valence-corrected chi connectivity index (χ1v) is 8.39. The highest BCUT2D eigenvalue weighted by molar-refractivity contribution is 5.90. The molecular weight excluding hydrogens is 294 g/mol. The van der Waals surface area contributed by atoms with Crippen molar-refractivity contribution in [3.63, 3.8) is 0 Å². The van der Waals surface area contributed by atoms with Crippen molar-refractivity contribution in [3.8, 4) is 0 Å². The van der Waals surface area contributed by atoms with Crippen LogP contribution in [0.15, 0.2) is 6.20 Å². The summed E-state index contributed by atoms with van der Waals surface area (Å²) in [7, 11) is 0. The summed E-state index contributed by atoms with van der Waals surface area (Å²) >= 11 is 0. The summed E-state index contributed by atoms with van der Waals surface area (Å²) in [5.74, 6) is 0.827. The number of carbonyl (C=O) groups is 2. The molecular formula is C17H19N3O3. The van der Waals surface area contributed by atoms with Crippen LogP contribution >= 0.6 is 0 Å². The monoisotopic (exact) mass is 313 g/mol. The van der Waals surface area contributed by atoms with Crippen molar-refractivity contribution < 1.29 is 14.7 Å². The maximum absolute atomic E-state index is 13.0. The largest absolute Gasteiger partial charge is 0.481 e. The van der Waals surface area contributed by atoms with Crippen LogP contribution in [0.3, 0.4) is 0 Å². The lowest BCUT2D eigenvalue weighted by Gasteiger charge is -2.44. The summed E-state index contributed by atoms with van der Waals surface area (Å²) in [5, 5.41) is 9.36. The predicted molar refractivity (Wildman–Crippen MR) is 79.2 cm³/mol. The van der Waals surface area contributed by atoms with Crippen LogP contribution in [-0.2, 0) is 22.7 Å². The second-order valence-corrected chi connectivity index (χ2v) is 7.85.